The molecule has 4 nitrogen and oxygen atoms in total. The number of hydrogen-bond acceptors (Lipinski definition) is 4. The number of nitrogens with zero attached hydrogens (tertiary/aromatic N) is 1. The maximum Gasteiger partial charge on any atom is 0.310 e. The van der Waals surface area contributed by atoms with Crippen molar-refractivity contribution in [1.29, 1.82) is 0 Å². The zero-order valence-electron chi connectivity index (χ0n) is 13.3. The number of hydrogen-bond donors (Lipinski definition) is 0. The Bertz CT molecular complexity index is 365. The summed E-state index contributed by atoms with van der Waals surface area (Å²) in [6, 6.07) is 0. The van der Waals surface area contributed by atoms with E-state index in [0.717, 1.165) is 32.5 Å². The molecule has 21 heavy (non-hydrogen) atoms. The lowest BCUT2D eigenvalue weighted by atomic mass is 9.97. The highest BCUT2D eigenvalue weighted by Gasteiger charge is 2.42. The van der Waals surface area contributed by atoms with Crippen molar-refractivity contribution in [3.8, 4) is 0 Å². The van der Waals surface area contributed by atoms with Crippen molar-refractivity contribution in [3.05, 3.63) is 0 Å². The predicted molar refractivity (Wildman–Crippen MR) is 81.1 cm³/mol. The molecule has 3 aliphatic rings. The molecule has 0 N–H and O–H groups in total. The van der Waals surface area contributed by atoms with Crippen LogP contribution in [0, 0.1) is 5.92 Å². The molecular weight excluding hydrogens is 266 g/mol. The van der Waals surface area contributed by atoms with Crippen molar-refractivity contribution in [2.75, 3.05) is 26.2 Å². The Morgan fingerprint density at radius 3 is 2.81 bits per heavy atom. The maximum absolute atomic E-state index is 11.9. The fourth-order valence-electron chi connectivity index (χ4n) is 4.37. The Morgan fingerprint density at radius 1 is 1.24 bits per heavy atom. The van der Waals surface area contributed by atoms with Crippen LogP contribution >= 0.6 is 0 Å². The molecule has 3 rings (SSSR count). The first kappa shape index (κ1) is 15.3. The Morgan fingerprint density at radius 2 is 2.05 bits per heavy atom. The van der Waals surface area contributed by atoms with Gasteiger partial charge in [-0.05, 0) is 52.0 Å². The maximum atomic E-state index is 11.9. The SMILES string of the molecule is CCOC(=O)[C@H]1CCCN(CC2CCC3(CCCC3)O2)C1. The van der Waals surface area contributed by atoms with Crippen molar-refractivity contribution in [1.82, 2.24) is 4.90 Å². The van der Waals surface area contributed by atoms with Crippen LogP contribution in [0.2, 0.25) is 0 Å². The molecule has 1 unspecified atom stereocenters. The molecule has 4 heteroatoms. The number of piperidine rings is 1. The molecule has 2 heterocycles. The predicted octanol–water partition coefficient (Wildman–Crippen LogP) is 2.75. The number of carbonyl (C=O) groups is 1. The zero-order chi connectivity index (χ0) is 14.7. The van der Waals surface area contributed by atoms with E-state index in [1.165, 1.54) is 38.5 Å². The molecule has 0 aromatic carbocycles. The van der Waals surface area contributed by atoms with Crippen molar-refractivity contribution in [2.45, 2.75) is 70.0 Å². The first-order valence-corrected chi connectivity index (χ1v) is 8.77. The summed E-state index contributed by atoms with van der Waals surface area (Å²) in [6.07, 6.45) is 10.1. The Balaban J connectivity index is 1.48. The number of esters is 1. The quantitative estimate of drug-likeness (QED) is 0.748. The summed E-state index contributed by atoms with van der Waals surface area (Å²) in [6.45, 7) is 5.32. The summed E-state index contributed by atoms with van der Waals surface area (Å²) in [5.74, 6) is 0.0577. The van der Waals surface area contributed by atoms with Gasteiger partial charge in [-0.25, -0.2) is 0 Å². The van der Waals surface area contributed by atoms with Gasteiger partial charge in [-0.15, -0.1) is 0 Å². The van der Waals surface area contributed by atoms with Crippen LogP contribution < -0.4 is 0 Å². The molecule has 1 aliphatic carbocycles. The van der Waals surface area contributed by atoms with Crippen LogP contribution in [0.4, 0.5) is 0 Å². The Kier molecular flexibility index (Phi) is 4.85. The standard InChI is InChI=1S/C17H29NO3/c1-2-20-16(19)14-6-5-11-18(12-14)13-15-7-10-17(21-15)8-3-4-9-17/h14-15H,2-13H2,1H3/t14-,15?/m0/s1. The van der Waals surface area contributed by atoms with Gasteiger partial charge >= 0.3 is 5.97 Å². The zero-order valence-corrected chi connectivity index (χ0v) is 13.3. The molecule has 2 saturated heterocycles. The van der Waals surface area contributed by atoms with Crippen LogP contribution in [-0.2, 0) is 14.3 Å². The number of ether oxygens (including phenoxy) is 2. The van der Waals surface area contributed by atoms with Crippen molar-refractivity contribution < 1.29 is 14.3 Å². The van der Waals surface area contributed by atoms with Gasteiger partial charge in [0, 0.05) is 13.1 Å². The van der Waals surface area contributed by atoms with Crippen LogP contribution in [-0.4, -0.2) is 48.8 Å². The molecule has 0 amide bonds. The van der Waals surface area contributed by atoms with E-state index in [2.05, 4.69) is 4.90 Å². The fraction of sp³-hybridized carbons (Fsp3) is 0.941. The Labute approximate surface area is 128 Å². The molecule has 2 atom stereocenters. The molecule has 0 bridgehead atoms. The largest absolute Gasteiger partial charge is 0.466 e. The van der Waals surface area contributed by atoms with Gasteiger partial charge in [0.05, 0.1) is 24.2 Å². The van der Waals surface area contributed by atoms with Crippen LogP contribution in [0.15, 0.2) is 0 Å². The first-order chi connectivity index (χ1) is 10.2. The lowest BCUT2D eigenvalue weighted by Crippen LogP contribution is -2.43. The van der Waals surface area contributed by atoms with Gasteiger partial charge in [0.2, 0.25) is 0 Å². The second-order valence-electron chi connectivity index (χ2n) is 7.02. The van der Waals surface area contributed by atoms with Gasteiger partial charge in [-0.3, -0.25) is 9.69 Å². The fourth-order valence-corrected chi connectivity index (χ4v) is 4.37. The van der Waals surface area contributed by atoms with Gasteiger partial charge in [-0.1, -0.05) is 12.8 Å². The van der Waals surface area contributed by atoms with Gasteiger partial charge < -0.3 is 9.47 Å². The third-order valence-electron chi connectivity index (χ3n) is 5.44. The lowest BCUT2D eigenvalue weighted by molar-refractivity contribution is -0.150. The smallest absolute Gasteiger partial charge is 0.310 e. The molecule has 120 valence electrons. The Hall–Kier alpha value is -0.610. The van der Waals surface area contributed by atoms with Crippen LogP contribution in [0.3, 0.4) is 0 Å². The van der Waals surface area contributed by atoms with E-state index in [-0.39, 0.29) is 17.5 Å². The van der Waals surface area contributed by atoms with Crippen LogP contribution in [0.5, 0.6) is 0 Å². The minimum absolute atomic E-state index is 0.0122. The average molecular weight is 295 g/mol. The molecule has 1 saturated carbocycles. The van der Waals surface area contributed by atoms with E-state index >= 15 is 0 Å². The number of carbonyl (C=O) groups excluding carboxylic acids is 1. The van der Waals surface area contributed by atoms with E-state index in [9.17, 15) is 4.79 Å². The van der Waals surface area contributed by atoms with Crippen LogP contribution in [0.25, 0.3) is 0 Å². The molecule has 3 fully saturated rings. The van der Waals surface area contributed by atoms with E-state index < -0.39 is 0 Å². The third kappa shape index (κ3) is 3.59. The van der Waals surface area contributed by atoms with Crippen molar-refractivity contribution >= 4 is 5.97 Å². The molecule has 2 aliphatic heterocycles. The molecular formula is C17H29NO3. The minimum atomic E-state index is -0.0122. The summed E-state index contributed by atoms with van der Waals surface area (Å²) in [5.41, 5.74) is 0.223. The van der Waals surface area contributed by atoms with Gasteiger partial charge in [0.15, 0.2) is 0 Å². The molecule has 1 spiro atoms. The number of rotatable bonds is 4. The summed E-state index contributed by atoms with van der Waals surface area (Å²) in [7, 11) is 0. The highest BCUT2D eigenvalue weighted by molar-refractivity contribution is 5.72. The van der Waals surface area contributed by atoms with Gasteiger partial charge in [-0.2, -0.15) is 0 Å². The normalized spacial score (nSPS) is 32.6. The minimum Gasteiger partial charge on any atom is -0.466 e. The molecule has 0 aromatic rings. The first-order valence-electron chi connectivity index (χ1n) is 8.77. The highest BCUT2D eigenvalue weighted by atomic mass is 16.5. The summed E-state index contributed by atoms with van der Waals surface area (Å²) < 4.78 is 11.6. The van der Waals surface area contributed by atoms with E-state index in [1.54, 1.807) is 0 Å². The number of likely N-dealkylation sites (tertiary alicyclic amines) is 1. The third-order valence-corrected chi connectivity index (χ3v) is 5.44. The van der Waals surface area contributed by atoms with Gasteiger partial charge in [0.1, 0.15) is 0 Å². The summed E-state index contributed by atoms with van der Waals surface area (Å²) in [4.78, 5) is 14.3. The topological polar surface area (TPSA) is 38.8 Å². The molecule has 0 radical (unpaired) electrons. The summed E-state index contributed by atoms with van der Waals surface area (Å²) >= 11 is 0. The molecule has 0 aromatic heterocycles. The monoisotopic (exact) mass is 295 g/mol. The highest BCUT2D eigenvalue weighted by Crippen LogP contribution is 2.43. The summed E-state index contributed by atoms with van der Waals surface area (Å²) in [5, 5.41) is 0. The van der Waals surface area contributed by atoms with E-state index in [0.29, 0.717) is 12.7 Å². The second kappa shape index (κ2) is 6.66. The van der Waals surface area contributed by atoms with Crippen LogP contribution in [0.1, 0.15) is 58.3 Å². The van der Waals surface area contributed by atoms with E-state index in [4.69, 9.17) is 9.47 Å². The average Bonchev–Trinajstić information content (AvgIpc) is 3.10. The van der Waals surface area contributed by atoms with Crippen molar-refractivity contribution in [3.63, 3.8) is 0 Å². The van der Waals surface area contributed by atoms with E-state index in [1.807, 2.05) is 6.92 Å². The van der Waals surface area contributed by atoms with Gasteiger partial charge in [0.25, 0.3) is 0 Å². The lowest BCUT2D eigenvalue weighted by Gasteiger charge is -2.33. The second-order valence-corrected chi connectivity index (χ2v) is 7.02. The van der Waals surface area contributed by atoms with Crippen molar-refractivity contribution in [2.24, 2.45) is 5.92 Å².